The molecule has 4 N–H and O–H groups in total. The van der Waals surface area contributed by atoms with E-state index in [1.807, 2.05) is 6.07 Å². The molecule has 0 aliphatic carbocycles. The second-order valence-corrected chi connectivity index (χ2v) is 4.78. The Morgan fingerprint density at radius 3 is 3.00 bits per heavy atom. The van der Waals surface area contributed by atoms with Crippen molar-refractivity contribution in [3.63, 3.8) is 0 Å². The molecule has 0 fully saturated rings. The number of rotatable bonds is 3. The standard InChI is InChI=1S/C14H13N3O2S/c15-6-2-4-10-3-1-5-11(7-10)13(18)16-8-12-9-20-14(19)17-12/h1,3,5,7,9H,6,8,15H2,(H,16,18)(H,17,19). The Hall–Kier alpha value is -2.36. The summed E-state index contributed by atoms with van der Waals surface area (Å²) < 4.78 is 0. The maximum Gasteiger partial charge on any atom is 0.304 e. The average molecular weight is 287 g/mol. The molecule has 6 heteroatoms. The average Bonchev–Trinajstić information content (AvgIpc) is 2.88. The Labute approximate surface area is 119 Å². The number of amides is 1. The van der Waals surface area contributed by atoms with Gasteiger partial charge in [0.05, 0.1) is 13.1 Å². The summed E-state index contributed by atoms with van der Waals surface area (Å²) in [4.78, 5) is 25.5. The third-order valence-corrected chi connectivity index (χ3v) is 3.19. The molecule has 2 rings (SSSR count). The van der Waals surface area contributed by atoms with Gasteiger partial charge in [0.15, 0.2) is 0 Å². The summed E-state index contributed by atoms with van der Waals surface area (Å²) in [6.45, 7) is 0.568. The van der Waals surface area contributed by atoms with E-state index >= 15 is 0 Å². The van der Waals surface area contributed by atoms with Crippen molar-refractivity contribution < 1.29 is 4.79 Å². The van der Waals surface area contributed by atoms with E-state index in [1.165, 1.54) is 0 Å². The van der Waals surface area contributed by atoms with Crippen LogP contribution < -0.4 is 15.9 Å². The number of nitrogens with one attached hydrogen (secondary N) is 2. The van der Waals surface area contributed by atoms with E-state index in [-0.39, 0.29) is 23.9 Å². The SMILES string of the molecule is NCC#Cc1cccc(C(=O)NCc2csc(=O)[nH]2)c1. The van der Waals surface area contributed by atoms with E-state index in [2.05, 4.69) is 22.1 Å². The van der Waals surface area contributed by atoms with E-state index in [4.69, 9.17) is 5.73 Å². The molecule has 0 atom stereocenters. The minimum Gasteiger partial charge on any atom is -0.346 e. The summed E-state index contributed by atoms with van der Waals surface area (Å²) in [7, 11) is 0. The number of H-pyrrole nitrogens is 1. The topological polar surface area (TPSA) is 88.0 Å². The lowest BCUT2D eigenvalue weighted by molar-refractivity contribution is 0.0950. The number of hydrogen-bond acceptors (Lipinski definition) is 4. The van der Waals surface area contributed by atoms with Gasteiger partial charge in [-0.05, 0) is 18.2 Å². The third kappa shape index (κ3) is 3.82. The molecule has 1 heterocycles. The van der Waals surface area contributed by atoms with Crippen LogP contribution in [0.3, 0.4) is 0 Å². The zero-order valence-corrected chi connectivity index (χ0v) is 11.4. The molecule has 0 unspecified atom stereocenters. The molecule has 0 aliphatic heterocycles. The smallest absolute Gasteiger partial charge is 0.304 e. The van der Waals surface area contributed by atoms with Crippen LogP contribution in [0, 0.1) is 11.8 Å². The van der Waals surface area contributed by atoms with Crippen LogP contribution in [0.5, 0.6) is 0 Å². The number of aromatic amines is 1. The predicted molar refractivity (Wildman–Crippen MR) is 78.5 cm³/mol. The fourth-order valence-corrected chi connectivity index (χ4v) is 2.15. The third-order valence-electron chi connectivity index (χ3n) is 2.47. The second kappa shape index (κ2) is 6.70. The van der Waals surface area contributed by atoms with Crippen LogP contribution in [0.15, 0.2) is 34.4 Å². The van der Waals surface area contributed by atoms with Crippen LogP contribution in [0.4, 0.5) is 0 Å². The van der Waals surface area contributed by atoms with E-state index < -0.39 is 0 Å². The molecule has 0 aliphatic rings. The van der Waals surface area contributed by atoms with Gasteiger partial charge in [-0.2, -0.15) is 0 Å². The van der Waals surface area contributed by atoms with Crippen LogP contribution in [-0.2, 0) is 6.54 Å². The molecule has 1 aromatic heterocycles. The van der Waals surface area contributed by atoms with Gasteiger partial charge in [-0.3, -0.25) is 9.59 Å². The predicted octanol–water partition coefficient (Wildman–Crippen LogP) is 0.677. The Morgan fingerprint density at radius 1 is 1.45 bits per heavy atom. The van der Waals surface area contributed by atoms with Crippen molar-refractivity contribution in [2.75, 3.05) is 6.54 Å². The number of aromatic nitrogens is 1. The van der Waals surface area contributed by atoms with Crippen LogP contribution in [-0.4, -0.2) is 17.4 Å². The lowest BCUT2D eigenvalue weighted by atomic mass is 10.1. The van der Waals surface area contributed by atoms with Gasteiger partial charge in [0, 0.05) is 22.2 Å². The quantitative estimate of drug-likeness (QED) is 0.725. The minimum absolute atomic E-state index is 0.131. The van der Waals surface area contributed by atoms with Crippen LogP contribution >= 0.6 is 11.3 Å². The zero-order chi connectivity index (χ0) is 14.4. The lowest BCUT2D eigenvalue weighted by Crippen LogP contribution is -2.23. The minimum atomic E-state index is -0.214. The van der Waals surface area contributed by atoms with Crippen molar-refractivity contribution in [3.8, 4) is 11.8 Å². The molecule has 5 nitrogen and oxygen atoms in total. The van der Waals surface area contributed by atoms with Crippen molar-refractivity contribution in [2.24, 2.45) is 5.73 Å². The van der Waals surface area contributed by atoms with Gasteiger partial charge in [-0.15, -0.1) is 0 Å². The molecule has 0 bridgehead atoms. The van der Waals surface area contributed by atoms with Crippen LogP contribution in [0.1, 0.15) is 21.6 Å². The number of nitrogens with two attached hydrogens (primary N) is 1. The highest BCUT2D eigenvalue weighted by Gasteiger charge is 2.06. The number of hydrogen-bond donors (Lipinski definition) is 3. The summed E-state index contributed by atoms with van der Waals surface area (Å²) in [6.07, 6.45) is 0. The summed E-state index contributed by atoms with van der Waals surface area (Å²) >= 11 is 1.07. The normalized spacial score (nSPS) is 9.65. The first-order valence-corrected chi connectivity index (χ1v) is 6.81. The first kappa shape index (κ1) is 14.1. The molecule has 1 amide bonds. The van der Waals surface area contributed by atoms with Gasteiger partial charge >= 0.3 is 4.87 Å². The Kier molecular flexibility index (Phi) is 4.71. The Morgan fingerprint density at radius 2 is 2.30 bits per heavy atom. The fourth-order valence-electron chi connectivity index (χ4n) is 1.57. The molecular formula is C14H13N3O2S. The molecule has 1 aromatic carbocycles. The van der Waals surface area contributed by atoms with Gasteiger partial charge < -0.3 is 16.0 Å². The molecular weight excluding hydrogens is 274 g/mol. The fraction of sp³-hybridized carbons (Fsp3) is 0.143. The molecule has 0 spiro atoms. The van der Waals surface area contributed by atoms with Crippen LogP contribution in [0.2, 0.25) is 0 Å². The molecule has 102 valence electrons. The van der Waals surface area contributed by atoms with Gasteiger partial charge in [-0.25, -0.2) is 0 Å². The first-order chi connectivity index (χ1) is 9.69. The highest BCUT2D eigenvalue weighted by Crippen LogP contribution is 2.04. The van der Waals surface area contributed by atoms with E-state index in [0.717, 1.165) is 16.9 Å². The molecule has 20 heavy (non-hydrogen) atoms. The highest BCUT2D eigenvalue weighted by atomic mass is 32.1. The summed E-state index contributed by atoms with van der Waals surface area (Å²) in [6, 6.07) is 6.99. The molecule has 0 saturated heterocycles. The lowest BCUT2D eigenvalue weighted by Gasteiger charge is -2.04. The van der Waals surface area contributed by atoms with Gasteiger partial charge in [0.25, 0.3) is 5.91 Å². The summed E-state index contributed by atoms with van der Waals surface area (Å²) in [5.74, 6) is 5.40. The van der Waals surface area contributed by atoms with Crippen molar-refractivity contribution in [3.05, 3.63) is 56.1 Å². The summed E-state index contributed by atoms with van der Waals surface area (Å²) in [5.41, 5.74) is 7.26. The van der Waals surface area contributed by atoms with Gasteiger partial charge in [-0.1, -0.05) is 29.2 Å². The monoisotopic (exact) mass is 287 g/mol. The molecule has 0 radical (unpaired) electrons. The number of carbonyl (C=O) groups excluding carboxylic acids is 1. The zero-order valence-electron chi connectivity index (χ0n) is 10.6. The van der Waals surface area contributed by atoms with Crippen LogP contribution in [0.25, 0.3) is 0 Å². The number of carbonyl (C=O) groups is 1. The maximum absolute atomic E-state index is 12.0. The highest BCUT2D eigenvalue weighted by molar-refractivity contribution is 7.07. The number of benzene rings is 1. The van der Waals surface area contributed by atoms with Gasteiger partial charge in [0.2, 0.25) is 0 Å². The first-order valence-electron chi connectivity index (χ1n) is 5.93. The Balaban J connectivity index is 2.03. The van der Waals surface area contributed by atoms with Crippen molar-refractivity contribution in [2.45, 2.75) is 6.54 Å². The van der Waals surface area contributed by atoms with E-state index in [1.54, 1.807) is 23.6 Å². The van der Waals surface area contributed by atoms with E-state index in [9.17, 15) is 9.59 Å². The largest absolute Gasteiger partial charge is 0.346 e. The molecule has 2 aromatic rings. The summed E-state index contributed by atoms with van der Waals surface area (Å²) in [5, 5.41) is 4.42. The van der Waals surface area contributed by atoms with Gasteiger partial charge in [0.1, 0.15) is 0 Å². The van der Waals surface area contributed by atoms with E-state index in [0.29, 0.717) is 11.3 Å². The maximum atomic E-state index is 12.0. The molecule has 0 saturated carbocycles. The van der Waals surface area contributed by atoms with Crippen molar-refractivity contribution in [1.29, 1.82) is 0 Å². The Bertz CT molecular complexity index is 722. The van der Waals surface area contributed by atoms with Crippen molar-refractivity contribution in [1.82, 2.24) is 10.3 Å². The van der Waals surface area contributed by atoms with Crippen molar-refractivity contribution >= 4 is 17.2 Å². The second-order valence-electron chi connectivity index (χ2n) is 3.94. The number of thiazole rings is 1.